The number of anilines is 1. The summed E-state index contributed by atoms with van der Waals surface area (Å²) in [5, 5.41) is 5.68. The number of pyridine rings is 1. The van der Waals surface area contributed by atoms with Crippen molar-refractivity contribution >= 4 is 11.7 Å². The highest BCUT2D eigenvalue weighted by Crippen LogP contribution is 2.23. The maximum atomic E-state index is 12.2. The maximum absolute atomic E-state index is 12.2. The quantitative estimate of drug-likeness (QED) is 0.821. The molecule has 1 atom stereocenters. The van der Waals surface area contributed by atoms with E-state index in [1.54, 1.807) is 25.4 Å². The first-order chi connectivity index (χ1) is 12.7. The van der Waals surface area contributed by atoms with Crippen molar-refractivity contribution in [2.24, 2.45) is 0 Å². The Balaban J connectivity index is 1.60. The highest BCUT2D eigenvalue weighted by Gasteiger charge is 2.25. The van der Waals surface area contributed by atoms with E-state index in [0.717, 1.165) is 24.6 Å². The fourth-order valence-corrected chi connectivity index (χ4v) is 2.87. The highest BCUT2D eigenvalue weighted by atomic mass is 16.5. The van der Waals surface area contributed by atoms with Gasteiger partial charge in [0.1, 0.15) is 11.5 Å². The van der Waals surface area contributed by atoms with E-state index >= 15 is 0 Å². The number of aryl methyl sites for hydroxylation is 1. The molecule has 3 rings (SSSR count). The number of furan rings is 1. The van der Waals surface area contributed by atoms with Crippen LogP contribution in [-0.2, 0) is 4.74 Å². The standard InChI is InChI=1S/C18H24N4O4/c1-13-3-5-16(26-13)15(22-7-9-25-10-8-22)12-20-18(23)21-14-4-6-17(24-2)19-11-14/h3-6,11,15H,7-10,12H2,1-2H3,(H2,20,21,23)/t15-/m0/s1. The van der Waals surface area contributed by atoms with Crippen LogP contribution in [0.1, 0.15) is 17.6 Å². The molecule has 1 fully saturated rings. The van der Waals surface area contributed by atoms with E-state index in [1.807, 2.05) is 19.1 Å². The molecule has 2 N–H and O–H groups in total. The van der Waals surface area contributed by atoms with Gasteiger partial charge in [-0.1, -0.05) is 0 Å². The second kappa shape index (κ2) is 8.68. The molecule has 2 aromatic rings. The van der Waals surface area contributed by atoms with Crippen LogP contribution in [0.25, 0.3) is 0 Å². The minimum Gasteiger partial charge on any atom is -0.481 e. The van der Waals surface area contributed by atoms with Gasteiger partial charge in [0.25, 0.3) is 0 Å². The fraction of sp³-hybridized carbons (Fsp3) is 0.444. The molecular weight excluding hydrogens is 336 g/mol. The van der Waals surface area contributed by atoms with E-state index in [1.165, 1.54) is 0 Å². The third-order valence-corrected chi connectivity index (χ3v) is 4.24. The van der Waals surface area contributed by atoms with Gasteiger partial charge in [0.05, 0.1) is 38.2 Å². The largest absolute Gasteiger partial charge is 0.481 e. The molecule has 0 unspecified atom stereocenters. The van der Waals surface area contributed by atoms with Crippen molar-refractivity contribution in [3.05, 3.63) is 42.0 Å². The zero-order chi connectivity index (χ0) is 18.4. The van der Waals surface area contributed by atoms with Gasteiger partial charge in [-0.3, -0.25) is 4.90 Å². The highest BCUT2D eigenvalue weighted by molar-refractivity contribution is 5.89. The lowest BCUT2D eigenvalue weighted by atomic mass is 10.1. The molecule has 8 nitrogen and oxygen atoms in total. The number of urea groups is 1. The number of nitrogens with one attached hydrogen (secondary N) is 2. The molecule has 1 aliphatic heterocycles. The summed E-state index contributed by atoms with van der Waals surface area (Å²) in [6.07, 6.45) is 1.55. The Kier molecular flexibility index (Phi) is 6.08. The average molecular weight is 360 g/mol. The van der Waals surface area contributed by atoms with Crippen LogP contribution >= 0.6 is 0 Å². The number of methoxy groups -OCH3 is 1. The molecule has 0 saturated carbocycles. The van der Waals surface area contributed by atoms with E-state index in [4.69, 9.17) is 13.9 Å². The molecule has 140 valence electrons. The molecule has 1 saturated heterocycles. The van der Waals surface area contributed by atoms with E-state index in [0.29, 0.717) is 31.3 Å². The number of rotatable bonds is 6. The normalized spacial score (nSPS) is 16.1. The van der Waals surface area contributed by atoms with Crippen molar-refractivity contribution < 1.29 is 18.7 Å². The Labute approximate surface area is 152 Å². The summed E-state index contributed by atoms with van der Waals surface area (Å²) in [4.78, 5) is 18.6. The van der Waals surface area contributed by atoms with Gasteiger partial charge in [0.15, 0.2) is 0 Å². The molecule has 3 heterocycles. The third-order valence-electron chi connectivity index (χ3n) is 4.24. The van der Waals surface area contributed by atoms with Crippen LogP contribution in [0.15, 0.2) is 34.9 Å². The monoisotopic (exact) mass is 360 g/mol. The lowest BCUT2D eigenvalue weighted by Crippen LogP contribution is -2.44. The molecule has 1 aliphatic rings. The lowest BCUT2D eigenvalue weighted by molar-refractivity contribution is 0.0122. The summed E-state index contributed by atoms with van der Waals surface area (Å²) in [6.45, 7) is 5.31. The first-order valence-electron chi connectivity index (χ1n) is 8.59. The van der Waals surface area contributed by atoms with Crippen LogP contribution < -0.4 is 15.4 Å². The Morgan fingerprint density at radius 2 is 2.12 bits per heavy atom. The molecule has 2 aromatic heterocycles. The Morgan fingerprint density at radius 1 is 1.31 bits per heavy atom. The summed E-state index contributed by atoms with van der Waals surface area (Å²) >= 11 is 0. The summed E-state index contributed by atoms with van der Waals surface area (Å²) < 4.78 is 16.2. The minimum atomic E-state index is -0.293. The van der Waals surface area contributed by atoms with E-state index in [2.05, 4.69) is 20.5 Å². The SMILES string of the molecule is COc1ccc(NC(=O)NC[C@@H](c2ccc(C)o2)N2CCOCC2)cn1. The van der Waals surface area contributed by atoms with Crippen molar-refractivity contribution in [1.82, 2.24) is 15.2 Å². The van der Waals surface area contributed by atoms with Gasteiger partial charge in [-0.15, -0.1) is 0 Å². The van der Waals surface area contributed by atoms with Gasteiger partial charge in [-0.05, 0) is 25.1 Å². The first kappa shape index (κ1) is 18.2. The van der Waals surface area contributed by atoms with Crippen LogP contribution in [0.5, 0.6) is 5.88 Å². The Bertz CT molecular complexity index is 710. The number of aromatic nitrogens is 1. The average Bonchev–Trinajstić information content (AvgIpc) is 3.09. The summed E-state index contributed by atoms with van der Waals surface area (Å²) in [5.74, 6) is 2.19. The zero-order valence-corrected chi connectivity index (χ0v) is 15.0. The predicted octanol–water partition coefficient (Wildman–Crippen LogP) is 2.19. The van der Waals surface area contributed by atoms with Gasteiger partial charge in [0, 0.05) is 25.7 Å². The second-order valence-electron chi connectivity index (χ2n) is 6.04. The van der Waals surface area contributed by atoms with Crippen molar-refractivity contribution in [3.63, 3.8) is 0 Å². The van der Waals surface area contributed by atoms with Gasteiger partial charge >= 0.3 is 6.03 Å². The summed E-state index contributed by atoms with van der Waals surface area (Å²) in [5.41, 5.74) is 0.597. The Hall–Kier alpha value is -2.58. The minimum absolute atomic E-state index is 0.0349. The van der Waals surface area contributed by atoms with Gasteiger partial charge in [-0.25, -0.2) is 9.78 Å². The van der Waals surface area contributed by atoms with Crippen molar-refractivity contribution in [2.45, 2.75) is 13.0 Å². The molecule has 0 radical (unpaired) electrons. The van der Waals surface area contributed by atoms with E-state index < -0.39 is 0 Å². The second-order valence-corrected chi connectivity index (χ2v) is 6.04. The summed E-state index contributed by atoms with van der Waals surface area (Å²) in [6, 6.07) is 7.00. The molecular formula is C18H24N4O4. The van der Waals surface area contributed by atoms with E-state index in [-0.39, 0.29) is 12.1 Å². The number of carbonyl (C=O) groups is 1. The number of hydrogen-bond donors (Lipinski definition) is 2. The zero-order valence-electron chi connectivity index (χ0n) is 15.0. The molecule has 0 aliphatic carbocycles. The molecule has 2 amide bonds. The van der Waals surface area contributed by atoms with Gasteiger partial charge in [-0.2, -0.15) is 0 Å². The van der Waals surface area contributed by atoms with Crippen LogP contribution in [0.4, 0.5) is 10.5 Å². The smallest absolute Gasteiger partial charge is 0.319 e. The topological polar surface area (TPSA) is 88.9 Å². The van der Waals surface area contributed by atoms with Crippen LogP contribution in [0.2, 0.25) is 0 Å². The number of ether oxygens (including phenoxy) is 2. The maximum Gasteiger partial charge on any atom is 0.319 e. The molecule has 8 heteroatoms. The number of hydrogen-bond acceptors (Lipinski definition) is 6. The molecule has 26 heavy (non-hydrogen) atoms. The van der Waals surface area contributed by atoms with E-state index in [9.17, 15) is 4.79 Å². The van der Waals surface area contributed by atoms with Crippen LogP contribution in [0.3, 0.4) is 0 Å². The van der Waals surface area contributed by atoms with Crippen molar-refractivity contribution in [1.29, 1.82) is 0 Å². The number of nitrogens with zero attached hydrogens (tertiary/aromatic N) is 2. The number of amides is 2. The molecule has 0 aromatic carbocycles. The van der Waals surface area contributed by atoms with Gasteiger partial charge in [0.2, 0.25) is 5.88 Å². The molecule has 0 bridgehead atoms. The molecule has 0 spiro atoms. The fourth-order valence-electron chi connectivity index (χ4n) is 2.87. The first-order valence-corrected chi connectivity index (χ1v) is 8.59. The van der Waals surface area contributed by atoms with Crippen LogP contribution in [-0.4, -0.2) is 55.9 Å². The summed E-state index contributed by atoms with van der Waals surface area (Å²) in [7, 11) is 1.55. The number of carbonyl (C=O) groups excluding carboxylic acids is 1. The predicted molar refractivity (Wildman–Crippen MR) is 96.4 cm³/mol. The van der Waals surface area contributed by atoms with Crippen LogP contribution in [0, 0.1) is 6.92 Å². The Morgan fingerprint density at radius 3 is 2.73 bits per heavy atom. The van der Waals surface area contributed by atoms with Crippen molar-refractivity contribution in [3.8, 4) is 5.88 Å². The van der Waals surface area contributed by atoms with Gasteiger partial charge < -0.3 is 24.5 Å². The lowest BCUT2D eigenvalue weighted by Gasteiger charge is -2.33. The van der Waals surface area contributed by atoms with Crippen molar-refractivity contribution in [2.75, 3.05) is 45.3 Å². The third kappa shape index (κ3) is 4.74. The number of morpholine rings is 1.